The standard InChI is InChI=1S/C14H18ClN3O2/c1-18(2)11-6-5-10(12(15)8-11)9-16-17-14(19)13-4-3-7-20-13/h5-6,8-9,13H,3-4,7H2,1-2H3,(H,17,19). The van der Waals surface area contributed by atoms with Crippen LogP contribution in [0.15, 0.2) is 23.3 Å². The number of anilines is 1. The molecule has 0 radical (unpaired) electrons. The van der Waals surface area contributed by atoms with Crippen LogP contribution in [-0.2, 0) is 9.53 Å². The van der Waals surface area contributed by atoms with Crippen LogP contribution in [0, 0.1) is 0 Å². The van der Waals surface area contributed by atoms with E-state index in [0.29, 0.717) is 11.6 Å². The Labute approximate surface area is 123 Å². The van der Waals surface area contributed by atoms with Crippen molar-refractivity contribution in [1.29, 1.82) is 0 Å². The Morgan fingerprint density at radius 3 is 2.95 bits per heavy atom. The molecule has 0 spiro atoms. The summed E-state index contributed by atoms with van der Waals surface area (Å²) in [6.07, 6.45) is 2.83. The fraction of sp³-hybridized carbons (Fsp3) is 0.429. The molecule has 5 nitrogen and oxygen atoms in total. The first-order valence-corrected chi connectivity index (χ1v) is 6.87. The Bertz CT molecular complexity index is 511. The van der Waals surface area contributed by atoms with Gasteiger partial charge in [-0.25, -0.2) is 5.43 Å². The summed E-state index contributed by atoms with van der Waals surface area (Å²) in [7, 11) is 3.89. The Morgan fingerprint density at radius 1 is 1.55 bits per heavy atom. The maximum Gasteiger partial charge on any atom is 0.269 e. The number of nitrogens with zero attached hydrogens (tertiary/aromatic N) is 2. The Hall–Kier alpha value is -1.59. The Kier molecular flexibility index (Phi) is 4.98. The molecule has 1 amide bonds. The lowest BCUT2D eigenvalue weighted by Crippen LogP contribution is -2.30. The highest BCUT2D eigenvalue weighted by Gasteiger charge is 2.22. The summed E-state index contributed by atoms with van der Waals surface area (Å²) < 4.78 is 5.27. The summed E-state index contributed by atoms with van der Waals surface area (Å²) in [4.78, 5) is 13.6. The van der Waals surface area contributed by atoms with Gasteiger partial charge in [0.25, 0.3) is 5.91 Å². The van der Waals surface area contributed by atoms with Gasteiger partial charge in [-0.15, -0.1) is 0 Å². The minimum absolute atomic E-state index is 0.209. The zero-order chi connectivity index (χ0) is 14.5. The van der Waals surface area contributed by atoms with Gasteiger partial charge < -0.3 is 9.64 Å². The highest BCUT2D eigenvalue weighted by atomic mass is 35.5. The van der Waals surface area contributed by atoms with E-state index in [4.69, 9.17) is 16.3 Å². The van der Waals surface area contributed by atoms with E-state index in [-0.39, 0.29) is 12.0 Å². The van der Waals surface area contributed by atoms with Gasteiger partial charge in [-0.2, -0.15) is 5.10 Å². The topological polar surface area (TPSA) is 53.9 Å². The van der Waals surface area contributed by atoms with Crippen LogP contribution in [-0.4, -0.2) is 38.9 Å². The number of hydrogen-bond acceptors (Lipinski definition) is 4. The molecule has 1 atom stereocenters. The second-order valence-corrected chi connectivity index (χ2v) is 5.24. The number of rotatable bonds is 4. The maximum atomic E-state index is 11.7. The van der Waals surface area contributed by atoms with Gasteiger partial charge in [0.05, 0.1) is 11.2 Å². The summed E-state index contributed by atoms with van der Waals surface area (Å²) >= 11 is 6.16. The third kappa shape index (κ3) is 3.71. The number of hydrogen-bond donors (Lipinski definition) is 1. The first-order valence-electron chi connectivity index (χ1n) is 6.49. The largest absolute Gasteiger partial charge is 0.378 e. The van der Waals surface area contributed by atoms with Crippen LogP contribution >= 0.6 is 11.6 Å². The molecule has 0 aliphatic carbocycles. The van der Waals surface area contributed by atoms with E-state index >= 15 is 0 Å². The van der Waals surface area contributed by atoms with Crippen LogP contribution in [0.1, 0.15) is 18.4 Å². The predicted octanol–water partition coefficient (Wildman–Crippen LogP) is 2.04. The molecule has 1 aliphatic rings. The lowest BCUT2D eigenvalue weighted by Gasteiger charge is -2.13. The van der Waals surface area contributed by atoms with Crippen LogP contribution in [0.25, 0.3) is 0 Å². The van der Waals surface area contributed by atoms with Crippen LogP contribution in [0.3, 0.4) is 0 Å². The minimum atomic E-state index is -0.376. The van der Waals surface area contributed by atoms with Crippen LogP contribution in [0.5, 0.6) is 0 Å². The third-order valence-corrected chi connectivity index (χ3v) is 3.43. The van der Waals surface area contributed by atoms with E-state index in [0.717, 1.165) is 24.1 Å². The zero-order valence-electron chi connectivity index (χ0n) is 11.6. The number of benzene rings is 1. The SMILES string of the molecule is CN(C)c1ccc(C=NNC(=O)C2CCCO2)c(Cl)c1. The lowest BCUT2D eigenvalue weighted by molar-refractivity contribution is -0.130. The van der Waals surface area contributed by atoms with Crippen LogP contribution < -0.4 is 10.3 Å². The van der Waals surface area contributed by atoms with Crippen molar-refractivity contribution in [1.82, 2.24) is 5.43 Å². The number of hydrazone groups is 1. The van der Waals surface area contributed by atoms with Gasteiger partial charge >= 0.3 is 0 Å². The summed E-state index contributed by atoms with van der Waals surface area (Å²) in [5.41, 5.74) is 4.24. The smallest absolute Gasteiger partial charge is 0.269 e. The summed E-state index contributed by atoms with van der Waals surface area (Å²) in [5.74, 6) is -0.209. The van der Waals surface area contributed by atoms with Crippen LogP contribution in [0.2, 0.25) is 5.02 Å². The Balaban J connectivity index is 1.95. The number of amides is 1. The van der Waals surface area contributed by atoms with Gasteiger partial charge in [-0.3, -0.25) is 4.79 Å². The molecule has 1 heterocycles. The van der Waals surface area contributed by atoms with E-state index < -0.39 is 0 Å². The highest BCUT2D eigenvalue weighted by molar-refractivity contribution is 6.33. The van der Waals surface area contributed by atoms with Crippen molar-refractivity contribution in [3.05, 3.63) is 28.8 Å². The van der Waals surface area contributed by atoms with Gasteiger partial charge in [0, 0.05) is 32.0 Å². The third-order valence-electron chi connectivity index (χ3n) is 3.10. The second-order valence-electron chi connectivity index (χ2n) is 4.84. The molecule has 1 aromatic rings. The monoisotopic (exact) mass is 295 g/mol. The van der Waals surface area contributed by atoms with Gasteiger partial charge in [-0.05, 0) is 31.0 Å². The molecule has 1 fully saturated rings. The fourth-order valence-corrected chi connectivity index (χ4v) is 2.14. The summed E-state index contributed by atoms with van der Waals surface area (Å²) in [5, 5.41) is 4.51. The molecular formula is C14H18ClN3O2. The molecule has 0 aromatic heterocycles. The number of carbonyl (C=O) groups is 1. The van der Waals surface area contributed by atoms with Crippen LogP contribution in [0.4, 0.5) is 5.69 Å². The van der Waals surface area contributed by atoms with Crippen molar-refractivity contribution in [2.45, 2.75) is 18.9 Å². The zero-order valence-corrected chi connectivity index (χ0v) is 12.4. The summed E-state index contributed by atoms with van der Waals surface area (Å²) in [6.45, 7) is 0.639. The van der Waals surface area contributed by atoms with Gasteiger partial charge in [0.2, 0.25) is 0 Å². The van der Waals surface area contributed by atoms with Gasteiger partial charge in [0.15, 0.2) is 0 Å². The van der Waals surface area contributed by atoms with E-state index in [1.54, 1.807) is 0 Å². The average Bonchev–Trinajstić information content (AvgIpc) is 2.94. The Morgan fingerprint density at radius 2 is 2.35 bits per heavy atom. The molecule has 6 heteroatoms. The number of nitrogens with one attached hydrogen (secondary N) is 1. The maximum absolute atomic E-state index is 11.7. The molecule has 108 valence electrons. The molecule has 1 aromatic carbocycles. The van der Waals surface area contributed by atoms with Crippen molar-refractivity contribution < 1.29 is 9.53 Å². The lowest BCUT2D eigenvalue weighted by atomic mass is 10.2. The average molecular weight is 296 g/mol. The van der Waals surface area contributed by atoms with E-state index in [9.17, 15) is 4.79 Å². The summed E-state index contributed by atoms with van der Waals surface area (Å²) in [6, 6.07) is 5.65. The highest BCUT2D eigenvalue weighted by Crippen LogP contribution is 2.21. The second kappa shape index (κ2) is 6.72. The number of ether oxygens (including phenoxy) is 1. The molecular weight excluding hydrogens is 278 g/mol. The van der Waals surface area contributed by atoms with E-state index in [1.165, 1.54) is 6.21 Å². The van der Waals surface area contributed by atoms with Crippen molar-refractivity contribution >= 4 is 29.4 Å². The number of halogens is 1. The van der Waals surface area contributed by atoms with Crippen molar-refractivity contribution in [2.24, 2.45) is 5.10 Å². The normalized spacial score (nSPS) is 18.4. The molecule has 1 saturated heterocycles. The van der Waals surface area contributed by atoms with E-state index in [1.807, 2.05) is 37.2 Å². The molecule has 20 heavy (non-hydrogen) atoms. The van der Waals surface area contributed by atoms with Crippen molar-refractivity contribution in [3.63, 3.8) is 0 Å². The van der Waals surface area contributed by atoms with Crippen molar-refractivity contribution in [3.8, 4) is 0 Å². The van der Waals surface area contributed by atoms with Crippen molar-refractivity contribution in [2.75, 3.05) is 25.6 Å². The molecule has 1 aliphatic heterocycles. The first kappa shape index (κ1) is 14.8. The fourth-order valence-electron chi connectivity index (χ4n) is 1.92. The van der Waals surface area contributed by atoms with E-state index in [2.05, 4.69) is 10.5 Å². The number of carbonyl (C=O) groups excluding carboxylic acids is 1. The molecule has 2 rings (SSSR count). The molecule has 0 bridgehead atoms. The van der Waals surface area contributed by atoms with Gasteiger partial charge in [-0.1, -0.05) is 11.6 Å². The minimum Gasteiger partial charge on any atom is -0.378 e. The predicted molar refractivity (Wildman–Crippen MR) is 80.5 cm³/mol. The first-order chi connectivity index (χ1) is 9.58. The molecule has 1 unspecified atom stereocenters. The van der Waals surface area contributed by atoms with Gasteiger partial charge in [0.1, 0.15) is 6.10 Å². The quantitative estimate of drug-likeness (QED) is 0.683. The molecule has 0 saturated carbocycles. The molecule has 1 N–H and O–H groups in total.